The van der Waals surface area contributed by atoms with E-state index < -0.39 is 0 Å². The molecule has 0 bridgehead atoms. The third-order valence-electron chi connectivity index (χ3n) is 4.57. The molecule has 2 aliphatic heterocycles. The first-order valence-corrected chi connectivity index (χ1v) is 7.78. The maximum Gasteiger partial charge on any atom is 0.217 e. The van der Waals surface area contributed by atoms with Crippen LogP contribution in [0.5, 0.6) is 0 Å². The number of nitrogens with zero attached hydrogens (tertiary/aromatic N) is 1. The summed E-state index contributed by atoms with van der Waals surface area (Å²) in [6.07, 6.45) is 2.16. The van der Waals surface area contributed by atoms with E-state index in [9.17, 15) is 4.79 Å². The van der Waals surface area contributed by atoms with Crippen LogP contribution < -0.4 is 5.32 Å². The molecule has 0 radical (unpaired) electrons. The fraction of sp³-hybridized carbons (Fsp3) is 0.688. The van der Waals surface area contributed by atoms with E-state index in [1.165, 1.54) is 0 Å². The Bertz CT molecular complexity index is 493. The standard InChI is InChI=1S/C16H24N2O3/c1-11-3-4-16(21-11)14-9-18(10-15(14)17-12(2)19)13-5-7-20-8-6-13/h3-4,13-15H,5-10H2,1-2H3,(H,17,19)/t14-,15-/m1/s1. The number of furan rings is 1. The number of amides is 1. The number of carbonyl (C=O) groups excluding carboxylic acids is 1. The number of carbonyl (C=O) groups is 1. The quantitative estimate of drug-likeness (QED) is 0.921. The molecule has 1 amide bonds. The zero-order chi connectivity index (χ0) is 14.8. The minimum Gasteiger partial charge on any atom is -0.466 e. The Morgan fingerprint density at radius 3 is 2.67 bits per heavy atom. The number of aryl methyl sites for hydroxylation is 1. The van der Waals surface area contributed by atoms with Crippen LogP contribution in [0, 0.1) is 6.92 Å². The topological polar surface area (TPSA) is 54.7 Å². The molecule has 0 aliphatic carbocycles. The van der Waals surface area contributed by atoms with Crippen molar-refractivity contribution in [3.63, 3.8) is 0 Å². The van der Waals surface area contributed by atoms with Crippen molar-refractivity contribution >= 4 is 5.91 Å². The van der Waals surface area contributed by atoms with E-state index in [4.69, 9.17) is 9.15 Å². The molecule has 21 heavy (non-hydrogen) atoms. The summed E-state index contributed by atoms with van der Waals surface area (Å²) in [6.45, 7) is 7.08. The van der Waals surface area contributed by atoms with E-state index in [2.05, 4.69) is 10.2 Å². The van der Waals surface area contributed by atoms with Crippen molar-refractivity contribution in [3.8, 4) is 0 Å². The van der Waals surface area contributed by atoms with Crippen LogP contribution in [0.3, 0.4) is 0 Å². The molecule has 5 nitrogen and oxygen atoms in total. The van der Waals surface area contributed by atoms with Gasteiger partial charge in [-0.05, 0) is 31.9 Å². The fourth-order valence-electron chi connectivity index (χ4n) is 3.53. The minimum absolute atomic E-state index is 0.0297. The predicted octanol–water partition coefficient (Wildman–Crippen LogP) is 1.67. The maximum atomic E-state index is 11.5. The van der Waals surface area contributed by atoms with Gasteiger partial charge in [-0.15, -0.1) is 0 Å². The molecule has 3 heterocycles. The molecule has 0 saturated carbocycles. The average Bonchev–Trinajstić information content (AvgIpc) is 3.05. The Hall–Kier alpha value is -1.33. The molecule has 2 fully saturated rings. The van der Waals surface area contributed by atoms with Gasteiger partial charge in [0, 0.05) is 39.3 Å². The van der Waals surface area contributed by atoms with Gasteiger partial charge in [-0.3, -0.25) is 9.69 Å². The summed E-state index contributed by atoms with van der Waals surface area (Å²) < 4.78 is 11.3. The summed E-state index contributed by atoms with van der Waals surface area (Å²) >= 11 is 0. The van der Waals surface area contributed by atoms with E-state index >= 15 is 0 Å². The Morgan fingerprint density at radius 2 is 2.05 bits per heavy atom. The molecule has 0 aromatic carbocycles. The van der Waals surface area contributed by atoms with Gasteiger partial charge in [0.2, 0.25) is 5.91 Å². The first kappa shape index (κ1) is 14.6. The second-order valence-corrected chi connectivity index (χ2v) is 6.16. The first-order chi connectivity index (χ1) is 10.1. The number of likely N-dealkylation sites (tertiary alicyclic amines) is 1. The number of ether oxygens (including phenoxy) is 1. The lowest BCUT2D eigenvalue weighted by Gasteiger charge is -2.31. The van der Waals surface area contributed by atoms with Crippen molar-refractivity contribution in [1.82, 2.24) is 10.2 Å². The van der Waals surface area contributed by atoms with Crippen LogP contribution >= 0.6 is 0 Å². The number of nitrogens with one attached hydrogen (secondary N) is 1. The highest BCUT2D eigenvalue weighted by atomic mass is 16.5. The van der Waals surface area contributed by atoms with Crippen LogP contribution in [-0.2, 0) is 9.53 Å². The van der Waals surface area contributed by atoms with E-state index in [1.807, 2.05) is 19.1 Å². The molecular formula is C16H24N2O3. The Balaban J connectivity index is 1.74. The number of rotatable bonds is 3. The summed E-state index contributed by atoms with van der Waals surface area (Å²) in [6, 6.07) is 4.74. The van der Waals surface area contributed by atoms with Crippen LogP contribution in [0.25, 0.3) is 0 Å². The molecule has 3 rings (SSSR count). The zero-order valence-corrected chi connectivity index (χ0v) is 12.8. The first-order valence-electron chi connectivity index (χ1n) is 7.78. The highest BCUT2D eigenvalue weighted by Gasteiger charge is 2.39. The van der Waals surface area contributed by atoms with E-state index in [-0.39, 0.29) is 17.9 Å². The number of hydrogen-bond acceptors (Lipinski definition) is 4. The maximum absolute atomic E-state index is 11.5. The summed E-state index contributed by atoms with van der Waals surface area (Å²) in [4.78, 5) is 14.0. The van der Waals surface area contributed by atoms with Crippen molar-refractivity contribution in [1.29, 1.82) is 0 Å². The Kier molecular flexibility index (Phi) is 4.31. The Morgan fingerprint density at radius 1 is 1.29 bits per heavy atom. The van der Waals surface area contributed by atoms with E-state index in [0.29, 0.717) is 6.04 Å². The van der Waals surface area contributed by atoms with Gasteiger partial charge in [-0.1, -0.05) is 0 Å². The van der Waals surface area contributed by atoms with Crippen LogP contribution in [0.15, 0.2) is 16.5 Å². The van der Waals surface area contributed by atoms with Gasteiger partial charge in [0.25, 0.3) is 0 Å². The third kappa shape index (κ3) is 3.30. The van der Waals surface area contributed by atoms with Gasteiger partial charge in [0.05, 0.1) is 12.0 Å². The summed E-state index contributed by atoms with van der Waals surface area (Å²) in [7, 11) is 0. The van der Waals surface area contributed by atoms with Crippen molar-refractivity contribution in [2.45, 2.75) is 44.7 Å². The summed E-state index contributed by atoms with van der Waals surface area (Å²) in [5.41, 5.74) is 0. The molecule has 2 aliphatic rings. The van der Waals surface area contributed by atoms with Crippen molar-refractivity contribution in [3.05, 3.63) is 23.7 Å². The smallest absolute Gasteiger partial charge is 0.217 e. The Labute approximate surface area is 125 Å². The molecule has 0 unspecified atom stereocenters. The largest absolute Gasteiger partial charge is 0.466 e. The molecule has 1 aromatic heterocycles. The van der Waals surface area contributed by atoms with Gasteiger partial charge < -0.3 is 14.5 Å². The van der Waals surface area contributed by atoms with Crippen molar-refractivity contribution in [2.24, 2.45) is 0 Å². The summed E-state index contributed by atoms with van der Waals surface area (Å²) in [5.74, 6) is 2.18. The molecule has 116 valence electrons. The second kappa shape index (κ2) is 6.20. The van der Waals surface area contributed by atoms with Crippen LogP contribution in [0.2, 0.25) is 0 Å². The van der Waals surface area contributed by atoms with E-state index in [1.54, 1.807) is 6.92 Å². The molecule has 1 aromatic rings. The lowest BCUT2D eigenvalue weighted by molar-refractivity contribution is -0.119. The van der Waals surface area contributed by atoms with Gasteiger partial charge in [-0.25, -0.2) is 0 Å². The monoisotopic (exact) mass is 292 g/mol. The average molecular weight is 292 g/mol. The minimum atomic E-state index is 0.0297. The SMILES string of the molecule is CC(=O)N[C@@H]1CN(C2CCOCC2)C[C@H]1c1ccc(C)o1. The molecule has 1 N–H and O–H groups in total. The lowest BCUT2D eigenvalue weighted by atomic mass is 10.0. The van der Waals surface area contributed by atoms with Gasteiger partial charge in [0.15, 0.2) is 0 Å². The third-order valence-corrected chi connectivity index (χ3v) is 4.57. The van der Waals surface area contributed by atoms with Crippen LogP contribution in [0.1, 0.15) is 37.2 Å². The highest BCUT2D eigenvalue weighted by Crippen LogP contribution is 2.32. The molecular weight excluding hydrogens is 268 g/mol. The van der Waals surface area contributed by atoms with Gasteiger partial charge in [0.1, 0.15) is 11.5 Å². The molecule has 5 heteroatoms. The molecule has 0 spiro atoms. The van der Waals surface area contributed by atoms with Crippen molar-refractivity contribution < 1.29 is 13.9 Å². The van der Waals surface area contributed by atoms with Crippen LogP contribution in [0.4, 0.5) is 0 Å². The fourth-order valence-corrected chi connectivity index (χ4v) is 3.53. The van der Waals surface area contributed by atoms with Crippen molar-refractivity contribution in [2.75, 3.05) is 26.3 Å². The number of hydrogen-bond donors (Lipinski definition) is 1. The van der Waals surface area contributed by atoms with Crippen LogP contribution in [-0.4, -0.2) is 49.2 Å². The van der Waals surface area contributed by atoms with Gasteiger partial charge >= 0.3 is 0 Å². The zero-order valence-electron chi connectivity index (χ0n) is 12.8. The highest BCUT2D eigenvalue weighted by molar-refractivity contribution is 5.73. The predicted molar refractivity (Wildman–Crippen MR) is 79.2 cm³/mol. The summed E-state index contributed by atoms with van der Waals surface area (Å²) in [5, 5.41) is 3.10. The normalized spacial score (nSPS) is 27.9. The van der Waals surface area contributed by atoms with Gasteiger partial charge in [-0.2, -0.15) is 0 Å². The molecule has 2 saturated heterocycles. The van der Waals surface area contributed by atoms with E-state index in [0.717, 1.165) is 50.7 Å². The lowest BCUT2D eigenvalue weighted by Crippen LogP contribution is -2.41. The second-order valence-electron chi connectivity index (χ2n) is 6.16. The molecule has 2 atom stereocenters.